The summed E-state index contributed by atoms with van der Waals surface area (Å²) in [5.41, 5.74) is 7.42. The average molecular weight is 391 g/mol. The molecule has 0 radical (unpaired) electrons. The van der Waals surface area contributed by atoms with Gasteiger partial charge in [-0.25, -0.2) is 4.98 Å². The second-order valence-electron chi connectivity index (χ2n) is 3.95. The molecule has 0 amide bonds. The normalized spacial score (nSPS) is 10.3. The van der Waals surface area contributed by atoms with Gasteiger partial charge in [-0.1, -0.05) is 35.3 Å². The molecule has 0 fully saturated rings. The Morgan fingerprint density at radius 2 is 2.05 bits per heavy atom. The summed E-state index contributed by atoms with van der Waals surface area (Å²) in [7, 11) is 0. The van der Waals surface area contributed by atoms with Crippen molar-refractivity contribution in [3.63, 3.8) is 0 Å². The van der Waals surface area contributed by atoms with E-state index >= 15 is 0 Å². The Bertz CT molecular complexity index is 651. The second kappa shape index (κ2) is 6.72. The Hall–Kier alpha value is -0.880. The van der Waals surface area contributed by atoms with Crippen molar-refractivity contribution < 1.29 is 0 Å². The zero-order valence-electron chi connectivity index (χ0n) is 10.2. The highest BCUT2D eigenvalue weighted by Gasteiger charge is 2.16. The molecule has 0 saturated heterocycles. The third-order valence-corrected chi connectivity index (χ3v) is 4.40. The minimum Gasteiger partial charge on any atom is -0.376 e. The summed E-state index contributed by atoms with van der Waals surface area (Å²) in [6.07, 6.45) is 1.70. The summed E-state index contributed by atoms with van der Waals surface area (Å²) in [5, 5.41) is 1.09. The van der Waals surface area contributed by atoms with Gasteiger partial charge >= 0.3 is 0 Å². The molecule has 2 N–H and O–H groups in total. The van der Waals surface area contributed by atoms with Gasteiger partial charge in [0.25, 0.3) is 0 Å². The van der Waals surface area contributed by atoms with Gasteiger partial charge in [0.15, 0.2) is 5.11 Å². The van der Waals surface area contributed by atoms with Crippen molar-refractivity contribution in [1.29, 1.82) is 0 Å². The van der Waals surface area contributed by atoms with E-state index in [1.807, 2.05) is 18.2 Å². The molecule has 104 valence electrons. The molecule has 20 heavy (non-hydrogen) atoms. The lowest BCUT2D eigenvalue weighted by Crippen LogP contribution is -2.35. The number of nitrogens with two attached hydrogens (primary N) is 1. The minimum absolute atomic E-state index is 0.213. The molecule has 0 atom stereocenters. The van der Waals surface area contributed by atoms with E-state index in [2.05, 4.69) is 20.9 Å². The molecule has 0 aliphatic carbocycles. The van der Waals surface area contributed by atoms with Crippen LogP contribution in [0.4, 0.5) is 5.69 Å². The SMILES string of the molecule is NC(=S)N(Cc1cccnc1Br)c1cccc(Cl)c1Cl. The van der Waals surface area contributed by atoms with Gasteiger partial charge in [0, 0.05) is 11.8 Å². The van der Waals surface area contributed by atoms with E-state index in [-0.39, 0.29) is 5.11 Å². The van der Waals surface area contributed by atoms with Gasteiger partial charge in [0.1, 0.15) is 4.60 Å². The van der Waals surface area contributed by atoms with Crippen molar-refractivity contribution in [2.45, 2.75) is 6.54 Å². The van der Waals surface area contributed by atoms with Crippen LogP contribution >= 0.6 is 51.3 Å². The van der Waals surface area contributed by atoms with E-state index in [9.17, 15) is 0 Å². The minimum atomic E-state index is 0.213. The van der Waals surface area contributed by atoms with Crippen molar-refractivity contribution in [2.24, 2.45) is 5.73 Å². The van der Waals surface area contributed by atoms with Crippen LogP contribution in [0.15, 0.2) is 41.1 Å². The van der Waals surface area contributed by atoms with Gasteiger partial charge < -0.3 is 10.6 Å². The van der Waals surface area contributed by atoms with Gasteiger partial charge in [-0.15, -0.1) is 0 Å². The van der Waals surface area contributed by atoms with Crippen LogP contribution in [0.2, 0.25) is 10.0 Å². The number of halogens is 3. The molecule has 0 spiro atoms. The molecule has 1 aromatic carbocycles. The molecule has 2 aromatic rings. The fraction of sp³-hybridized carbons (Fsp3) is 0.0769. The Balaban J connectivity index is 2.40. The first kappa shape index (κ1) is 15.5. The lowest BCUT2D eigenvalue weighted by Gasteiger charge is -2.24. The lowest BCUT2D eigenvalue weighted by atomic mass is 10.2. The van der Waals surface area contributed by atoms with E-state index in [1.54, 1.807) is 23.2 Å². The first-order chi connectivity index (χ1) is 9.50. The van der Waals surface area contributed by atoms with Crippen LogP contribution in [0, 0.1) is 0 Å². The molecule has 1 aromatic heterocycles. The average Bonchev–Trinajstić information content (AvgIpc) is 2.41. The van der Waals surface area contributed by atoms with Crippen molar-refractivity contribution >= 4 is 62.1 Å². The number of benzene rings is 1. The van der Waals surface area contributed by atoms with Crippen molar-refractivity contribution in [2.75, 3.05) is 4.90 Å². The number of pyridine rings is 1. The predicted octanol–water partition coefficient (Wildman–Crippen LogP) is 4.40. The highest BCUT2D eigenvalue weighted by atomic mass is 79.9. The van der Waals surface area contributed by atoms with Gasteiger partial charge in [-0.3, -0.25) is 0 Å². The van der Waals surface area contributed by atoms with E-state index in [4.69, 9.17) is 41.2 Å². The molecule has 0 aliphatic rings. The molecule has 1 heterocycles. The van der Waals surface area contributed by atoms with Crippen molar-refractivity contribution in [1.82, 2.24) is 4.98 Å². The summed E-state index contributed by atoms with van der Waals surface area (Å²) < 4.78 is 0.736. The fourth-order valence-electron chi connectivity index (χ4n) is 1.69. The quantitative estimate of drug-likeness (QED) is 0.622. The zero-order valence-corrected chi connectivity index (χ0v) is 14.1. The van der Waals surface area contributed by atoms with Crippen LogP contribution < -0.4 is 10.6 Å². The van der Waals surface area contributed by atoms with Gasteiger partial charge in [0.2, 0.25) is 0 Å². The maximum absolute atomic E-state index is 6.22. The summed E-state index contributed by atoms with van der Waals surface area (Å²) in [6.45, 7) is 0.448. The topological polar surface area (TPSA) is 42.1 Å². The van der Waals surface area contributed by atoms with Crippen molar-refractivity contribution in [3.8, 4) is 0 Å². The highest BCUT2D eigenvalue weighted by molar-refractivity contribution is 9.10. The van der Waals surface area contributed by atoms with Crippen LogP contribution in [-0.2, 0) is 6.54 Å². The third kappa shape index (κ3) is 3.41. The molecule has 0 aliphatic heterocycles. The molecule has 0 saturated carbocycles. The summed E-state index contributed by atoms with van der Waals surface area (Å²) >= 11 is 20.8. The first-order valence-electron chi connectivity index (χ1n) is 5.61. The fourth-order valence-corrected chi connectivity index (χ4v) is 2.63. The Morgan fingerprint density at radius 3 is 2.70 bits per heavy atom. The highest BCUT2D eigenvalue weighted by Crippen LogP contribution is 2.33. The van der Waals surface area contributed by atoms with Gasteiger partial charge in [-0.2, -0.15) is 0 Å². The number of aromatic nitrogens is 1. The smallest absolute Gasteiger partial charge is 0.171 e. The Morgan fingerprint density at radius 1 is 1.30 bits per heavy atom. The van der Waals surface area contributed by atoms with Gasteiger partial charge in [0.05, 0.1) is 22.3 Å². The lowest BCUT2D eigenvalue weighted by molar-refractivity contribution is 0.982. The molecular weight excluding hydrogens is 381 g/mol. The van der Waals surface area contributed by atoms with E-state index in [0.717, 1.165) is 10.2 Å². The maximum Gasteiger partial charge on any atom is 0.171 e. The molecule has 0 unspecified atom stereocenters. The van der Waals surface area contributed by atoms with Crippen molar-refractivity contribution in [3.05, 3.63) is 56.7 Å². The standard InChI is InChI=1S/C13H10BrCl2N3S/c14-12-8(3-2-6-18-12)7-19(13(17)20)10-5-1-4-9(15)11(10)16/h1-6H,7H2,(H2,17,20). The van der Waals surface area contributed by atoms with Crippen LogP contribution in [0.1, 0.15) is 5.56 Å². The van der Waals surface area contributed by atoms with E-state index < -0.39 is 0 Å². The van der Waals surface area contributed by atoms with Crippen LogP contribution in [0.25, 0.3) is 0 Å². The number of rotatable bonds is 3. The van der Waals surface area contributed by atoms with Crippen LogP contribution in [0.5, 0.6) is 0 Å². The monoisotopic (exact) mass is 389 g/mol. The number of nitrogens with zero attached hydrogens (tertiary/aromatic N) is 2. The van der Waals surface area contributed by atoms with Crippen LogP contribution in [-0.4, -0.2) is 10.1 Å². The zero-order chi connectivity index (χ0) is 14.7. The van der Waals surface area contributed by atoms with E-state index in [1.165, 1.54) is 0 Å². The summed E-state index contributed by atoms with van der Waals surface area (Å²) in [5.74, 6) is 0. The molecule has 7 heteroatoms. The molecule has 2 rings (SSSR count). The molecule has 0 bridgehead atoms. The number of anilines is 1. The summed E-state index contributed by atoms with van der Waals surface area (Å²) in [4.78, 5) is 5.89. The molecule has 3 nitrogen and oxygen atoms in total. The largest absolute Gasteiger partial charge is 0.376 e. The molecular formula is C13H10BrCl2N3S. The Labute approximate surface area is 140 Å². The van der Waals surface area contributed by atoms with E-state index in [0.29, 0.717) is 22.3 Å². The third-order valence-electron chi connectivity index (χ3n) is 2.65. The maximum atomic E-state index is 6.22. The number of hydrogen-bond donors (Lipinski definition) is 1. The Kier molecular flexibility index (Phi) is 5.21. The summed E-state index contributed by atoms with van der Waals surface area (Å²) in [6, 6.07) is 9.11. The first-order valence-corrected chi connectivity index (χ1v) is 7.57. The predicted molar refractivity (Wildman–Crippen MR) is 91.4 cm³/mol. The number of hydrogen-bond acceptors (Lipinski definition) is 2. The second-order valence-corrected chi connectivity index (χ2v) is 5.91. The number of thiocarbonyl (C=S) groups is 1. The van der Waals surface area contributed by atoms with Gasteiger partial charge in [-0.05, 0) is 46.3 Å². The van der Waals surface area contributed by atoms with Crippen LogP contribution in [0.3, 0.4) is 0 Å².